The van der Waals surface area contributed by atoms with E-state index < -0.39 is 92.7 Å². The highest BCUT2D eigenvalue weighted by atomic mass is 16.7. The lowest BCUT2D eigenvalue weighted by atomic mass is 9.98. The molecule has 65 heavy (non-hydrogen) atoms. The van der Waals surface area contributed by atoms with Crippen LogP contribution in [0.1, 0.15) is 187 Å². The van der Waals surface area contributed by atoms with Crippen molar-refractivity contribution in [3.63, 3.8) is 0 Å². The SMILES string of the molecule is CCCCCCC/C=C/CCCCCCCC(=O)OC[C@H](CO[C@@H]1O[C@H](CO[C@@H]2O[C@H](CO)[C@H](O)C(O)C2O)[C@H](O)C(O)C1O)OC(=O)CCCCCCC/C=C/CCCCCCCC. The Morgan fingerprint density at radius 3 is 1.35 bits per heavy atom. The Morgan fingerprint density at radius 2 is 0.877 bits per heavy atom. The Kier molecular flexibility index (Phi) is 34.5. The van der Waals surface area contributed by atoms with Crippen LogP contribution in [0, 0.1) is 0 Å². The minimum atomic E-state index is -1.77. The number of carbonyl (C=O) groups excluding carboxylic acids is 2. The molecule has 0 aromatic rings. The molecule has 2 saturated heterocycles. The van der Waals surface area contributed by atoms with Crippen molar-refractivity contribution < 1.29 is 73.8 Å². The molecular weight excluding hydrogens is 841 g/mol. The molecule has 15 nitrogen and oxygen atoms in total. The van der Waals surface area contributed by atoms with Gasteiger partial charge in [0.1, 0.15) is 55.4 Å². The van der Waals surface area contributed by atoms with Gasteiger partial charge in [-0.1, -0.05) is 134 Å². The maximum Gasteiger partial charge on any atom is 0.306 e. The van der Waals surface area contributed by atoms with Gasteiger partial charge < -0.3 is 64.2 Å². The summed E-state index contributed by atoms with van der Waals surface area (Å²) in [5.74, 6) is -0.941. The molecule has 0 radical (unpaired) electrons. The highest BCUT2D eigenvalue weighted by Gasteiger charge is 2.47. The van der Waals surface area contributed by atoms with Crippen molar-refractivity contribution in [3.05, 3.63) is 24.3 Å². The lowest BCUT2D eigenvalue weighted by Gasteiger charge is -2.42. The highest BCUT2D eigenvalue weighted by molar-refractivity contribution is 5.70. The van der Waals surface area contributed by atoms with Gasteiger partial charge in [-0.25, -0.2) is 0 Å². The molecule has 0 aromatic heterocycles. The topological polar surface area (TPSA) is 231 Å². The standard InChI is InChI=1S/C50H90O15/c1-3-5-7-9-11-13-15-17-19-21-23-25-27-29-31-33-42(53)63-38(35-60-41(52)32-30-28-26-24-22-20-18-16-14-12-10-8-6-4-2)36-61-49-48(59)46(57)44(55)40(65-49)37-62-50-47(58)45(56)43(54)39(34-51)64-50/h16-19,38-40,43-51,54-59H,3-15,20-37H2,1-2H3/b18-16+,19-17+/t38-,39-,40-,43+,44+,45?,46?,47?,48?,49-,50-/m1/s1. The zero-order chi connectivity index (χ0) is 47.5. The molecule has 2 fully saturated rings. The first-order valence-corrected chi connectivity index (χ1v) is 25.4. The van der Waals surface area contributed by atoms with E-state index in [1.807, 2.05) is 0 Å². The fourth-order valence-electron chi connectivity index (χ4n) is 7.91. The van der Waals surface area contributed by atoms with Crippen LogP contribution in [0.15, 0.2) is 24.3 Å². The lowest BCUT2D eigenvalue weighted by Crippen LogP contribution is -2.61. The summed E-state index contributed by atoms with van der Waals surface area (Å²) in [5.41, 5.74) is 0. The van der Waals surface area contributed by atoms with Gasteiger partial charge in [-0.3, -0.25) is 9.59 Å². The van der Waals surface area contributed by atoms with Crippen LogP contribution in [0.3, 0.4) is 0 Å². The van der Waals surface area contributed by atoms with E-state index in [4.69, 9.17) is 28.4 Å². The van der Waals surface area contributed by atoms with Gasteiger partial charge in [0, 0.05) is 12.8 Å². The number of ether oxygens (including phenoxy) is 6. The van der Waals surface area contributed by atoms with Gasteiger partial charge in [-0.05, 0) is 64.2 Å². The van der Waals surface area contributed by atoms with Crippen molar-refractivity contribution in [3.8, 4) is 0 Å². The fraction of sp³-hybridized carbons (Fsp3) is 0.880. The van der Waals surface area contributed by atoms with Gasteiger partial charge in [-0.15, -0.1) is 0 Å². The zero-order valence-corrected chi connectivity index (χ0v) is 40.0. The van der Waals surface area contributed by atoms with Gasteiger partial charge in [0.25, 0.3) is 0 Å². The average molecular weight is 931 g/mol. The number of hydrogen-bond donors (Lipinski definition) is 7. The number of esters is 2. The summed E-state index contributed by atoms with van der Waals surface area (Å²) in [4.78, 5) is 25.7. The third kappa shape index (κ3) is 26.4. The number of aliphatic hydroxyl groups is 7. The van der Waals surface area contributed by atoms with Gasteiger partial charge in [0.2, 0.25) is 0 Å². The van der Waals surface area contributed by atoms with Crippen molar-refractivity contribution >= 4 is 11.9 Å². The molecule has 380 valence electrons. The molecule has 0 spiro atoms. The third-order valence-electron chi connectivity index (χ3n) is 12.2. The second-order valence-corrected chi connectivity index (χ2v) is 18.0. The smallest absolute Gasteiger partial charge is 0.306 e. The Bertz CT molecular complexity index is 1230. The predicted molar refractivity (Wildman–Crippen MR) is 247 cm³/mol. The first kappa shape index (κ1) is 59.1. The lowest BCUT2D eigenvalue weighted by molar-refractivity contribution is -0.332. The van der Waals surface area contributed by atoms with Crippen molar-refractivity contribution in [1.29, 1.82) is 0 Å². The number of hydrogen-bond acceptors (Lipinski definition) is 15. The van der Waals surface area contributed by atoms with Crippen LogP contribution >= 0.6 is 0 Å². The summed E-state index contributed by atoms with van der Waals surface area (Å²) in [5, 5.41) is 72.0. The molecule has 4 unspecified atom stereocenters. The number of rotatable bonds is 39. The third-order valence-corrected chi connectivity index (χ3v) is 12.2. The Morgan fingerprint density at radius 1 is 0.477 bits per heavy atom. The average Bonchev–Trinajstić information content (AvgIpc) is 3.30. The molecule has 2 rings (SSSR count). The van der Waals surface area contributed by atoms with Crippen LogP contribution in [-0.2, 0) is 38.0 Å². The second kappa shape index (κ2) is 37.9. The number of aliphatic hydroxyl groups excluding tert-OH is 7. The summed E-state index contributed by atoms with van der Waals surface area (Å²) in [7, 11) is 0. The van der Waals surface area contributed by atoms with E-state index in [1.54, 1.807) is 0 Å². The summed E-state index contributed by atoms with van der Waals surface area (Å²) < 4.78 is 33.5. The van der Waals surface area contributed by atoms with Crippen LogP contribution in [0.4, 0.5) is 0 Å². The van der Waals surface area contributed by atoms with Crippen LogP contribution < -0.4 is 0 Å². The van der Waals surface area contributed by atoms with E-state index in [0.29, 0.717) is 12.8 Å². The molecule has 0 bridgehead atoms. The van der Waals surface area contributed by atoms with Gasteiger partial charge in [0.15, 0.2) is 18.7 Å². The molecular formula is C50H90O15. The fourth-order valence-corrected chi connectivity index (χ4v) is 7.91. The van der Waals surface area contributed by atoms with Crippen molar-refractivity contribution in [2.45, 2.75) is 255 Å². The van der Waals surface area contributed by atoms with Crippen molar-refractivity contribution in [2.24, 2.45) is 0 Å². The Hall–Kier alpha value is -2.02. The Balaban J connectivity index is 1.83. The Labute approximate surface area is 390 Å². The predicted octanol–water partition coefficient (Wildman–Crippen LogP) is 6.77. The maximum absolute atomic E-state index is 13.0. The molecule has 15 heteroatoms. The van der Waals surface area contributed by atoms with E-state index in [0.717, 1.165) is 77.0 Å². The zero-order valence-electron chi connectivity index (χ0n) is 40.0. The van der Waals surface area contributed by atoms with Gasteiger partial charge in [-0.2, -0.15) is 0 Å². The summed E-state index contributed by atoms with van der Waals surface area (Å²) in [6, 6.07) is 0. The van der Waals surface area contributed by atoms with Crippen LogP contribution in [-0.4, -0.2) is 142 Å². The van der Waals surface area contributed by atoms with Gasteiger partial charge >= 0.3 is 11.9 Å². The van der Waals surface area contributed by atoms with Gasteiger partial charge in [0.05, 0.1) is 19.8 Å². The summed E-state index contributed by atoms with van der Waals surface area (Å²) >= 11 is 0. The quantitative estimate of drug-likeness (QED) is 0.0192. The van der Waals surface area contributed by atoms with Crippen LogP contribution in [0.2, 0.25) is 0 Å². The number of unbranched alkanes of at least 4 members (excludes halogenated alkanes) is 21. The highest BCUT2D eigenvalue weighted by Crippen LogP contribution is 2.26. The molecule has 2 aliphatic heterocycles. The van der Waals surface area contributed by atoms with E-state index >= 15 is 0 Å². The molecule has 0 saturated carbocycles. The molecule has 0 amide bonds. The van der Waals surface area contributed by atoms with E-state index in [1.165, 1.54) is 70.6 Å². The molecule has 2 heterocycles. The summed E-state index contributed by atoms with van der Waals surface area (Å²) in [6.07, 6.45) is 20.6. The molecule has 11 atom stereocenters. The largest absolute Gasteiger partial charge is 0.462 e. The van der Waals surface area contributed by atoms with E-state index in [2.05, 4.69) is 38.2 Å². The monoisotopic (exact) mass is 931 g/mol. The van der Waals surface area contributed by atoms with Crippen molar-refractivity contribution in [2.75, 3.05) is 26.4 Å². The molecule has 0 aliphatic carbocycles. The number of carbonyl (C=O) groups is 2. The molecule has 2 aliphatic rings. The molecule has 0 aromatic carbocycles. The van der Waals surface area contributed by atoms with Crippen molar-refractivity contribution in [1.82, 2.24) is 0 Å². The molecule has 7 N–H and O–H groups in total. The first-order chi connectivity index (χ1) is 31.5. The maximum atomic E-state index is 13.0. The first-order valence-electron chi connectivity index (χ1n) is 25.4. The second-order valence-electron chi connectivity index (χ2n) is 18.0. The minimum Gasteiger partial charge on any atom is -0.462 e. The minimum absolute atomic E-state index is 0.155. The van der Waals surface area contributed by atoms with E-state index in [-0.39, 0.29) is 26.1 Å². The number of allylic oxidation sites excluding steroid dienone is 4. The summed E-state index contributed by atoms with van der Waals surface area (Å²) in [6.45, 7) is 2.56. The normalized spacial score (nSPS) is 26.5. The van der Waals surface area contributed by atoms with E-state index in [9.17, 15) is 45.3 Å². The van der Waals surface area contributed by atoms with Crippen LogP contribution in [0.25, 0.3) is 0 Å². The van der Waals surface area contributed by atoms with Crippen LogP contribution in [0.5, 0.6) is 0 Å².